The predicted molar refractivity (Wildman–Crippen MR) is 88.7 cm³/mol. The molecule has 0 aliphatic heterocycles. The number of nitrogens with one attached hydrogen (secondary N) is 1. The average Bonchev–Trinajstić information content (AvgIpc) is 2.80. The minimum Gasteiger partial charge on any atom is -0.331 e. The van der Waals surface area contributed by atoms with Crippen LogP contribution in [0.1, 0.15) is 43.3 Å². The minimum atomic E-state index is -3.58. The first-order valence-electron chi connectivity index (χ1n) is 7.40. The van der Waals surface area contributed by atoms with Gasteiger partial charge in [-0.1, -0.05) is 13.8 Å². The highest BCUT2D eigenvalue weighted by molar-refractivity contribution is 7.89. The number of hydrogen-bond donors (Lipinski definition) is 1. The van der Waals surface area contributed by atoms with E-state index in [2.05, 4.69) is 16.0 Å². The van der Waals surface area contributed by atoms with Gasteiger partial charge in [0, 0.05) is 19.2 Å². The third-order valence-corrected chi connectivity index (χ3v) is 4.00. The quantitative estimate of drug-likeness (QED) is 0.866. The van der Waals surface area contributed by atoms with Crippen LogP contribution in [0.4, 0.5) is 0 Å². The lowest BCUT2D eigenvalue weighted by atomic mass is 10.0. The summed E-state index contributed by atoms with van der Waals surface area (Å²) in [5.41, 5.74) is 1.81. The number of carbonyl (C=O) groups is 1. The van der Waals surface area contributed by atoms with Crippen molar-refractivity contribution >= 4 is 27.0 Å². The molecule has 0 saturated carbocycles. The van der Waals surface area contributed by atoms with E-state index >= 15 is 0 Å². The Hall–Kier alpha value is -2.47. The molecule has 0 unspecified atom stereocenters. The number of fused-ring (bicyclic) bond motifs is 1. The van der Waals surface area contributed by atoms with E-state index < -0.39 is 15.9 Å². The second kappa shape index (κ2) is 6.57. The van der Waals surface area contributed by atoms with Crippen LogP contribution in [0, 0.1) is 18.3 Å². The third-order valence-electron chi connectivity index (χ3n) is 3.40. The number of hydrogen-bond acceptors (Lipinski definition) is 6. The van der Waals surface area contributed by atoms with E-state index in [1.54, 1.807) is 17.7 Å². The Morgan fingerprint density at radius 1 is 1.42 bits per heavy atom. The lowest BCUT2D eigenvalue weighted by molar-refractivity contribution is -0.119. The van der Waals surface area contributed by atoms with Crippen molar-refractivity contribution in [3.63, 3.8) is 0 Å². The van der Waals surface area contributed by atoms with Gasteiger partial charge in [0.1, 0.15) is 17.5 Å². The van der Waals surface area contributed by atoms with Crippen LogP contribution in [-0.4, -0.2) is 35.1 Å². The van der Waals surface area contributed by atoms with E-state index in [4.69, 9.17) is 0 Å². The second-order valence-corrected chi connectivity index (χ2v) is 7.65. The summed E-state index contributed by atoms with van der Waals surface area (Å²) in [6.07, 6.45) is 2.51. The van der Waals surface area contributed by atoms with Gasteiger partial charge in [0.2, 0.25) is 15.9 Å². The Kier molecular flexibility index (Phi) is 4.89. The van der Waals surface area contributed by atoms with Crippen molar-refractivity contribution in [2.75, 3.05) is 6.26 Å². The van der Waals surface area contributed by atoms with Crippen LogP contribution in [0.25, 0.3) is 11.0 Å². The second-order valence-electron chi connectivity index (χ2n) is 5.90. The zero-order chi connectivity index (χ0) is 18.1. The normalized spacial score (nSPS) is 11.7. The Morgan fingerprint density at radius 3 is 2.62 bits per heavy atom. The first-order valence-corrected chi connectivity index (χ1v) is 9.29. The first-order chi connectivity index (χ1) is 11.1. The summed E-state index contributed by atoms with van der Waals surface area (Å²) in [7, 11) is -3.58. The number of sulfonamides is 1. The zero-order valence-corrected chi connectivity index (χ0v) is 14.8. The molecular formula is C15H19N5O3S. The number of rotatable bonds is 5. The maximum Gasteiger partial charge on any atom is 0.235 e. The fourth-order valence-corrected chi connectivity index (χ4v) is 3.00. The Labute approximate surface area is 140 Å². The van der Waals surface area contributed by atoms with Crippen molar-refractivity contribution in [1.29, 1.82) is 5.26 Å². The number of amides is 1. The molecule has 1 amide bonds. The molecular weight excluding hydrogens is 330 g/mol. The van der Waals surface area contributed by atoms with Crippen LogP contribution >= 0.6 is 0 Å². The molecule has 0 radical (unpaired) electrons. The van der Waals surface area contributed by atoms with Crippen molar-refractivity contribution in [2.45, 2.75) is 39.7 Å². The first kappa shape index (κ1) is 17.9. The molecule has 9 heteroatoms. The van der Waals surface area contributed by atoms with E-state index in [1.807, 2.05) is 18.6 Å². The van der Waals surface area contributed by atoms with E-state index in [-0.39, 0.29) is 18.9 Å². The maximum absolute atomic E-state index is 11.7. The van der Waals surface area contributed by atoms with Gasteiger partial charge in [-0.2, -0.15) is 5.26 Å². The lowest BCUT2D eigenvalue weighted by Crippen LogP contribution is -2.29. The van der Waals surface area contributed by atoms with Crippen LogP contribution in [0.15, 0.2) is 6.20 Å². The Morgan fingerprint density at radius 2 is 2.08 bits per heavy atom. The molecule has 24 heavy (non-hydrogen) atoms. The minimum absolute atomic E-state index is 0.0399. The van der Waals surface area contributed by atoms with Crippen LogP contribution in [0.3, 0.4) is 0 Å². The largest absolute Gasteiger partial charge is 0.331 e. The van der Waals surface area contributed by atoms with E-state index in [1.165, 1.54) is 0 Å². The van der Waals surface area contributed by atoms with E-state index in [0.717, 1.165) is 11.9 Å². The van der Waals surface area contributed by atoms with Gasteiger partial charge in [0.15, 0.2) is 0 Å². The Bertz CT molecular complexity index is 938. The summed E-state index contributed by atoms with van der Waals surface area (Å²) in [4.78, 5) is 20.5. The van der Waals surface area contributed by atoms with Crippen LogP contribution in [0.2, 0.25) is 0 Å². The van der Waals surface area contributed by atoms with Gasteiger partial charge in [0.25, 0.3) is 0 Å². The van der Waals surface area contributed by atoms with Crippen LogP contribution in [0.5, 0.6) is 0 Å². The summed E-state index contributed by atoms with van der Waals surface area (Å²) in [6.45, 7) is 5.96. The SMILES string of the molecule is Cc1nc(C(C)C)c2c(C#N)cn(CCC(=O)NS(C)(=O)=O)c2n1. The summed E-state index contributed by atoms with van der Waals surface area (Å²) in [5.74, 6) is 0.0917. The molecule has 0 saturated heterocycles. The van der Waals surface area contributed by atoms with Gasteiger partial charge in [-0.15, -0.1) is 0 Å². The molecule has 0 aromatic carbocycles. The average molecular weight is 349 g/mol. The van der Waals surface area contributed by atoms with Crippen LogP contribution in [-0.2, 0) is 21.4 Å². The van der Waals surface area contributed by atoms with Gasteiger partial charge >= 0.3 is 0 Å². The molecule has 0 aliphatic carbocycles. The van der Waals surface area contributed by atoms with Crippen LogP contribution < -0.4 is 4.72 Å². The number of aromatic nitrogens is 3. The predicted octanol–water partition coefficient (Wildman–Crippen LogP) is 1.20. The molecule has 0 spiro atoms. The Balaban J connectivity index is 2.42. The third kappa shape index (κ3) is 3.89. The van der Waals surface area contributed by atoms with Crippen molar-refractivity contribution in [3.8, 4) is 6.07 Å². The van der Waals surface area contributed by atoms with Gasteiger partial charge in [-0.25, -0.2) is 18.4 Å². The summed E-state index contributed by atoms with van der Waals surface area (Å²) in [5, 5.41) is 10.1. The molecule has 2 aromatic rings. The number of carbonyl (C=O) groups excluding carboxylic acids is 1. The number of nitrogens with zero attached hydrogens (tertiary/aromatic N) is 4. The fourth-order valence-electron chi connectivity index (χ4n) is 2.48. The van der Waals surface area contributed by atoms with Crippen molar-refractivity contribution < 1.29 is 13.2 Å². The molecule has 0 bridgehead atoms. The highest BCUT2D eigenvalue weighted by Crippen LogP contribution is 2.27. The number of nitriles is 1. The highest BCUT2D eigenvalue weighted by Gasteiger charge is 2.18. The van der Waals surface area contributed by atoms with Gasteiger partial charge in [-0.3, -0.25) is 9.52 Å². The van der Waals surface area contributed by atoms with Gasteiger partial charge < -0.3 is 4.57 Å². The van der Waals surface area contributed by atoms with Crippen molar-refractivity contribution in [3.05, 3.63) is 23.3 Å². The molecule has 128 valence electrons. The monoisotopic (exact) mass is 349 g/mol. The van der Waals surface area contributed by atoms with Gasteiger partial charge in [0.05, 0.1) is 22.9 Å². The molecule has 2 aromatic heterocycles. The zero-order valence-electron chi connectivity index (χ0n) is 14.0. The standard InChI is InChI=1S/C15H19N5O3S/c1-9(2)14-13-11(7-16)8-20(15(13)18-10(3)17-14)6-5-12(21)19-24(4,22)23/h8-9H,5-6H2,1-4H3,(H,19,21). The highest BCUT2D eigenvalue weighted by atomic mass is 32.2. The molecule has 0 fully saturated rings. The number of aryl methyl sites for hydroxylation is 2. The fraction of sp³-hybridized carbons (Fsp3) is 0.467. The summed E-state index contributed by atoms with van der Waals surface area (Å²) >= 11 is 0. The molecule has 2 rings (SSSR count). The van der Waals surface area contributed by atoms with E-state index in [9.17, 15) is 18.5 Å². The summed E-state index contributed by atoms with van der Waals surface area (Å²) in [6, 6.07) is 2.13. The summed E-state index contributed by atoms with van der Waals surface area (Å²) < 4.78 is 25.8. The topological polar surface area (TPSA) is 118 Å². The molecule has 0 aliphatic rings. The smallest absolute Gasteiger partial charge is 0.235 e. The molecule has 1 N–H and O–H groups in total. The van der Waals surface area contributed by atoms with Crippen molar-refractivity contribution in [2.24, 2.45) is 0 Å². The van der Waals surface area contributed by atoms with Gasteiger partial charge in [-0.05, 0) is 12.8 Å². The van der Waals surface area contributed by atoms with E-state index in [0.29, 0.717) is 22.4 Å². The molecule has 0 atom stereocenters. The van der Waals surface area contributed by atoms with Crippen molar-refractivity contribution in [1.82, 2.24) is 19.3 Å². The molecule has 2 heterocycles. The molecule has 8 nitrogen and oxygen atoms in total. The lowest BCUT2D eigenvalue weighted by Gasteiger charge is -2.09. The maximum atomic E-state index is 11.7.